The van der Waals surface area contributed by atoms with Crippen LogP contribution in [-0.2, 0) is 4.79 Å². The fourth-order valence-corrected chi connectivity index (χ4v) is 4.26. The number of nitrogens with two attached hydrogens (primary N) is 1. The van der Waals surface area contributed by atoms with Gasteiger partial charge in [0.25, 0.3) is 0 Å². The van der Waals surface area contributed by atoms with Crippen molar-refractivity contribution in [1.29, 1.82) is 0 Å². The van der Waals surface area contributed by atoms with Crippen LogP contribution >= 0.6 is 0 Å². The summed E-state index contributed by atoms with van der Waals surface area (Å²) in [5, 5.41) is 10.5. The summed E-state index contributed by atoms with van der Waals surface area (Å²) in [4.78, 5) is 23.4. The van der Waals surface area contributed by atoms with E-state index in [1.807, 2.05) is 31.2 Å². The minimum Gasteiger partial charge on any atom is -0.481 e. The summed E-state index contributed by atoms with van der Waals surface area (Å²) < 4.78 is 7.82. The molecule has 4 rings (SSSR count). The molecule has 1 heterocycles. The molecule has 6 heteroatoms. The smallest absolute Gasteiger partial charge is 0.341 e. The van der Waals surface area contributed by atoms with Crippen LogP contribution in [0.15, 0.2) is 54.6 Å². The number of benzene rings is 3. The molecule has 0 aliphatic heterocycles. The third-order valence-corrected chi connectivity index (χ3v) is 5.57. The average molecular weight is 416 g/mol. The maximum Gasteiger partial charge on any atom is 0.341 e. The van der Waals surface area contributed by atoms with Crippen LogP contribution in [0, 0.1) is 13.8 Å². The standard InChI is InChI=1S/C25H24N2O4/c1-14-6-4-7-17(10-14)16(3)27-19-9-5-8-18(25(26)30)23(19)24-20(27)11-15(2)12-21(24)31-13-22(28)29/h4-12,16H,13H2,1-3H3,(H2,26,30)(H,28,29). The van der Waals surface area contributed by atoms with E-state index in [0.717, 1.165) is 27.7 Å². The van der Waals surface area contributed by atoms with Gasteiger partial charge in [-0.3, -0.25) is 4.79 Å². The van der Waals surface area contributed by atoms with Gasteiger partial charge in [-0.25, -0.2) is 4.79 Å². The highest BCUT2D eigenvalue weighted by Crippen LogP contribution is 2.41. The summed E-state index contributed by atoms with van der Waals surface area (Å²) in [7, 11) is 0. The van der Waals surface area contributed by atoms with E-state index in [9.17, 15) is 9.59 Å². The van der Waals surface area contributed by atoms with Crippen molar-refractivity contribution in [3.63, 3.8) is 0 Å². The molecule has 0 fully saturated rings. The molecule has 0 aliphatic carbocycles. The van der Waals surface area contributed by atoms with Gasteiger partial charge >= 0.3 is 5.97 Å². The second-order valence-corrected chi connectivity index (χ2v) is 7.86. The number of carboxylic acid groups (broad SMARTS) is 1. The molecule has 0 saturated carbocycles. The molecule has 1 amide bonds. The Bertz CT molecular complexity index is 1340. The van der Waals surface area contributed by atoms with Gasteiger partial charge in [-0.15, -0.1) is 0 Å². The van der Waals surface area contributed by atoms with Crippen molar-refractivity contribution in [3.05, 3.63) is 76.9 Å². The highest BCUT2D eigenvalue weighted by atomic mass is 16.5. The Morgan fingerprint density at radius 3 is 2.42 bits per heavy atom. The number of amides is 1. The molecule has 0 spiro atoms. The lowest BCUT2D eigenvalue weighted by molar-refractivity contribution is -0.139. The second kappa shape index (κ2) is 7.80. The zero-order valence-corrected chi connectivity index (χ0v) is 17.7. The number of carbonyl (C=O) groups is 2. The average Bonchev–Trinajstić information content (AvgIpc) is 3.05. The van der Waals surface area contributed by atoms with Gasteiger partial charge in [0.2, 0.25) is 5.91 Å². The number of rotatable bonds is 6. The van der Waals surface area contributed by atoms with Gasteiger partial charge in [0.1, 0.15) is 5.75 Å². The molecule has 4 aromatic rings. The molecular weight excluding hydrogens is 392 g/mol. The number of hydrogen-bond donors (Lipinski definition) is 2. The molecule has 31 heavy (non-hydrogen) atoms. The molecule has 0 bridgehead atoms. The zero-order chi connectivity index (χ0) is 22.3. The number of nitrogens with zero attached hydrogens (tertiary/aromatic N) is 1. The minimum absolute atomic E-state index is 0.0443. The third-order valence-electron chi connectivity index (χ3n) is 5.57. The largest absolute Gasteiger partial charge is 0.481 e. The van der Waals surface area contributed by atoms with Crippen LogP contribution in [0.3, 0.4) is 0 Å². The van der Waals surface area contributed by atoms with Crippen molar-refractivity contribution in [2.75, 3.05) is 6.61 Å². The van der Waals surface area contributed by atoms with Crippen LogP contribution in [0.5, 0.6) is 5.75 Å². The van der Waals surface area contributed by atoms with Crippen LogP contribution in [0.2, 0.25) is 0 Å². The number of aromatic nitrogens is 1. The summed E-state index contributed by atoms with van der Waals surface area (Å²) in [5.41, 5.74) is 11.0. The number of ether oxygens (including phenoxy) is 1. The quantitative estimate of drug-likeness (QED) is 0.481. The monoisotopic (exact) mass is 416 g/mol. The van der Waals surface area contributed by atoms with E-state index in [0.29, 0.717) is 22.1 Å². The van der Waals surface area contributed by atoms with E-state index in [4.69, 9.17) is 15.6 Å². The van der Waals surface area contributed by atoms with Gasteiger partial charge in [0, 0.05) is 10.9 Å². The number of primary amides is 1. The lowest BCUT2D eigenvalue weighted by Gasteiger charge is -2.18. The van der Waals surface area contributed by atoms with Crippen molar-refractivity contribution in [1.82, 2.24) is 4.57 Å². The number of aryl methyl sites for hydroxylation is 2. The normalized spacial score (nSPS) is 12.2. The van der Waals surface area contributed by atoms with Crippen molar-refractivity contribution < 1.29 is 19.4 Å². The van der Waals surface area contributed by atoms with Crippen molar-refractivity contribution in [2.24, 2.45) is 5.73 Å². The van der Waals surface area contributed by atoms with Gasteiger partial charge in [0.15, 0.2) is 6.61 Å². The first-order valence-electron chi connectivity index (χ1n) is 10.1. The molecular formula is C25H24N2O4. The van der Waals surface area contributed by atoms with Gasteiger partial charge in [-0.2, -0.15) is 0 Å². The summed E-state index contributed by atoms with van der Waals surface area (Å²) in [6, 6.07) is 17.5. The second-order valence-electron chi connectivity index (χ2n) is 7.86. The van der Waals surface area contributed by atoms with Gasteiger partial charge in [-0.05, 0) is 56.2 Å². The predicted molar refractivity (Wildman–Crippen MR) is 121 cm³/mol. The van der Waals surface area contributed by atoms with Gasteiger partial charge < -0.3 is 20.1 Å². The molecule has 1 atom stereocenters. The number of aliphatic carboxylic acids is 1. The number of carbonyl (C=O) groups excluding carboxylic acids is 1. The molecule has 3 aromatic carbocycles. The Kier molecular flexibility index (Phi) is 5.15. The van der Waals surface area contributed by atoms with E-state index in [2.05, 4.69) is 36.6 Å². The molecule has 158 valence electrons. The lowest BCUT2D eigenvalue weighted by atomic mass is 10.0. The van der Waals surface area contributed by atoms with Crippen molar-refractivity contribution in [3.8, 4) is 5.75 Å². The molecule has 1 unspecified atom stereocenters. The maximum atomic E-state index is 12.3. The Morgan fingerprint density at radius 1 is 1.00 bits per heavy atom. The highest BCUT2D eigenvalue weighted by Gasteiger charge is 2.23. The van der Waals surface area contributed by atoms with Crippen LogP contribution in [0.1, 0.15) is 40.0 Å². The van der Waals surface area contributed by atoms with E-state index in [-0.39, 0.29) is 6.04 Å². The SMILES string of the molecule is Cc1cccc(C(C)n2c3cc(C)cc(OCC(=O)O)c3c3c(C(N)=O)cccc32)c1. The lowest BCUT2D eigenvalue weighted by Crippen LogP contribution is -2.12. The predicted octanol–water partition coefficient (Wildman–Crippen LogP) is 4.58. The third kappa shape index (κ3) is 3.61. The number of fused-ring (bicyclic) bond motifs is 3. The Hall–Kier alpha value is -3.80. The first-order valence-corrected chi connectivity index (χ1v) is 10.1. The van der Waals surface area contributed by atoms with E-state index in [1.165, 1.54) is 0 Å². The maximum absolute atomic E-state index is 12.3. The molecule has 0 radical (unpaired) electrons. The van der Waals surface area contributed by atoms with Gasteiger partial charge in [0.05, 0.1) is 22.5 Å². The Balaban J connectivity index is 2.11. The fraction of sp³-hybridized carbons (Fsp3) is 0.200. The Labute approximate surface area is 179 Å². The van der Waals surface area contributed by atoms with Crippen molar-refractivity contribution >= 4 is 33.7 Å². The minimum atomic E-state index is -1.07. The summed E-state index contributed by atoms with van der Waals surface area (Å²) in [6.07, 6.45) is 0. The van der Waals surface area contributed by atoms with E-state index >= 15 is 0 Å². The molecule has 3 N–H and O–H groups in total. The summed E-state index contributed by atoms with van der Waals surface area (Å²) in [6.45, 7) is 5.61. The molecule has 1 aromatic heterocycles. The topological polar surface area (TPSA) is 94.6 Å². The molecule has 0 saturated heterocycles. The number of carboxylic acids is 1. The van der Waals surface area contributed by atoms with Crippen LogP contribution in [0.25, 0.3) is 21.8 Å². The molecule has 6 nitrogen and oxygen atoms in total. The Morgan fingerprint density at radius 2 is 1.74 bits per heavy atom. The summed E-state index contributed by atoms with van der Waals surface area (Å²) in [5.74, 6) is -1.19. The van der Waals surface area contributed by atoms with Crippen molar-refractivity contribution in [2.45, 2.75) is 26.8 Å². The van der Waals surface area contributed by atoms with Crippen LogP contribution in [-0.4, -0.2) is 28.2 Å². The zero-order valence-electron chi connectivity index (χ0n) is 17.7. The van der Waals surface area contributed by atoms with Gasteiger partial charge in [-0.1, -0.05) is 35.9 Å². The van der Waals surface area contributed by atoms with Crippen LogP contribution < -0.4 is 10.5 Å². The highest BCUT2D eigenvalue weighted by molar-refractivity contribution is 6.20. The first kappa shape index (κ1) is 20.5. The summed E-state index contributed by atoms with van der Waals surface area (Å²) >= 11 is 0. The fourth-order valence-electron chi connectivity index (χ4n) is 4.26. The van der Waals surface area contributed by atoms with E-state index < -0.39 is 18.5 Å². The van der Waals surface area contributed by atoms with E-state index in [1.54, 1.807) is 12.1 Å². The first-order chi connectivity index (χ1) is 14.8. The van der Waals surface area contributed by atoms with Crippen LogP contribution in [0.4, 0.5) is 0 Å². The molecule has 0 aliphatic rings. The number of hydrogen-bond acceptors (Lipinski definition) is 3.